The van der Waals surface area contributed by atoms with Crippen molar-refractivity contribution in [3.63, 3.8) is 0 Å². The molecule has 0 spiro atoms. The predicted octanol–water partition coefficient (Wildman–Crippen LogP) is 4.13. The molecule has 1 amide bonds. The van der Waals surface area contributed by atoms with Gasteiger partial charge in [0.05, 0.1) is 16.6 Å². The van der Waals surface area contributed by atoms with Crippen LogP contribution in [0.3, 0.4) is 0 Å². The smallest absolute Gasteiger partial charge is 0.263 e. The van der Waals surface area contributed by atoms with E-state index in [-0.39, 0.29) is 11.5 Å². The molecule has 0 fully saturated rings. The number of carbonyl (C=O) groups excluding carboxylic acids is 1. The lowest BCUT2D eigenvalue weighted by Gasteiger charge is -2.15. The van der Waals surface area contributed by atoms with E-state index in [0.29, 0.717) is 23.6 Å². The molecular formula is C25H23N3O3. The molecule has 0 radical (unpaired) electrons. The van der Waals surface area contributed by atoms with E-state index in [2.05, 4.69) is 10.3 Å². The highest BCUT2D eigenvalue weighted by Crippen LogP contribution is 2.34. The van der Waals surface area contributed by atoms with Gasteiger partial charge < -0.3 is 10.1 Å². The van der Waals surface area contributed by atoms with Gasteiger partial charge in [-0.25, -0.2) is 0 Å². The molecule has 5 rings (SSSR count). The average molecular weight is 413 g/mol. The largest absolute Gasteiger partial charge is 0.481 e. The third-order valence-electron chi connectivity index (χ3n) is 5.63. The van der Waals surface area contributed by atoms with E-state index in [1.807, 2.05) is 56.3 Å². The van der Waals surface area contributed by atoms with Crippen LogP contribution in [0.4, 0.5) is 0 Å². The summed E-state index contributed by atoms with van der Waals surface area (Å²) < 4.78 is 7.66. The van der Waals surface area contributed by atoms with Crippen LogP contribution < -0.4 is 15.6 Å². The zero-order valence-electron chi connectivity index (χ0n) is 17.7. The molecule has 0 saturated carbocycles. The summed E-state index contributed by atoms with van der Waals surface area (Å²) in [5.41, 5.74) is 2.34. The summed E-state index contributed by atoms with van der Waals surface area (Å²) in [6.45, 7) is 6.44. The summed E-state index contributed by atoms with van der Waals surface area (Å²) in [7, 11) is 0. The van der Waals surface area contributed by atoms with Crippen LogP contribution in [0.25, 0.3) is 38.1 Å². The van der Waals surface area contributed by atoms with Crippen LogP contribution in [0, 0.1) is 5.92 Å². The maximum atomic E-state index is 13.3. The molecule has 0 aliphatic rings. The van der Waals surface area contributed by atoms with Crippen molar-refractivity contribution in [3.8, 4) is 5.75 Å². The van der Waals surface area contributed by atoms with E-state index in [9.17, 15) is 9.59 Å². The van der Waals surface area contributed by atoms with Crippen LogP contribution >= 0.6 is 0 Å². The van der Waals surface area contributed by atoms with Crippen LogP contribution in [-0.4, -0.2) is 27.9 Å². The number of fused-ring (bicyclic) bond motifs is 5. The zero-order chi connectivity index (χ0) is 21.7. The maximum Gasteiger partial charge on any atom is 0.263 e. The molecule has 2 aromatic carbocycles. The van der Waals surface area contributed by atoms with Gasteiger partial charge in [-0.05, 0) is 43.2 Å². The lowest BCUT2D eigenvalue weighted by Crippen LogP contribution is -2.38. The normalized spacial score (nSPS) is 12.9. The Bertz CT molecular complexity index is 1500. The van der Waals surface area contributed by atoms with Crippen molar-refractivity contribution < 1.29 is 9.53 Å². The van der Waals surface area contributed by atoms with Crippen LogP contribution in [0.1, 0.15) is 20.8 Å². The van der Waals surface area contributed by atoms with Crippen molar-refractivity contribution in [3.05, 3.63) is 65.1 Å². The van der Waals surface area contributed by atoms with E-state index in [0.717, 1.165) is 32.7 Å². The van der Waals surface area contributed by atoms with Gasteiger partial charge in [0.1, 0.15) is 5.75 Å². The monoisotopic (exact) mass is 413 g/mol. The van der Waals surface area contributed by atoms with E-state index in [1.165, 1.54) is 0 Å². The SMILES string of the molecule is CC(C)CNC(=O)[C@H](C)Oc1ccc2c(c1)c1ccnc3c4ccccc4c(=O)n2c13. The number of nitrogens with one attached hydrogen (secondary N) is 1. The van der Waals surface area contributed by atoms with Crippen molar-refractivity contribution >= 4 is 44.0 Å². The molecule has 31 heavy (non-hydrogen) atoms. The summed E-state index contributed by atoms with van der Waals surface area (Å²) in [6, 6.07) is 15.0. The highest BCUT2D eigenvalue weighted by Gasteiger charge is 2.19. The number of rotatable bonds is 5. The average Bonchev–Trinajstić information content (AvgIpc) is 3.10. The number of carbonyl (C=O) groups is 1. The Balaban J connectivity index is 1.65. The van der Waals surface area contributed by atoms with Gasteiger partial charge in [-0.3, -0.25) is 19.0 Å². The Morgan fingerprint density at radius 2 is 1.81 bits per heavy atom. The number of pyridine rings is 2. The Labute approximate surface area is 178 Å². The van der Waals surface area contributed by atoms with Gasteiger partial charge in [0, 0.05) is 34.3 Å². The number of aromatic nitrogens is 2. The molecular weight excluding hydrogens is 390 g/mol. The van der Waals surface area contributed by atoms with Crippen LogP contribution in [0.2, 0.25) is 0 Å². The van der Waals surface area contributed by atoms with Gasteiger partial charge in [-0.1, -0.05) is 32.0 Å². The van der Waals surface area contributed by atoms with Crippen LogP contribution in [-0.2, 0) is 4.79 Å². The second kappa shape index (κ2) is 7.23. The molecule has 0 aliphatic carbocycles. The summed E-state index contributed by atoms with van der Waals surface area (Å²) in [5.74, 6) is 0.810. The van der Waals surface area contributed by atoms with Crippen molar-refractivity contribution in [2.24, 2.45) is 5.92 Å². The van der Waals surface area contributed by atoms with E-state index in [4.69, 9.17) is 4.74 Å². The predicted molar refractivity (Wildman–Crippen MR) is 123 cm³/mol. The van der Waals surface area contributed by atoms with Gasteiger partial charge >= 0.3 is 0 Å². The van der Waals surface area contributed by atoms with E-state index >= 15 is 0 Å². The lowest BCUT2D eigenvalue weighted by molar-refractivity contribution is -0.127. The minimum Gasteiger partial charge on any atom is -0.481 e. The molecule has 3 aromatic heterocycles. The highest BCUT2D eigenvalue weighted by atomic mass is 16.5. The molecule has 1 N–H and O–H groups in total. The van der Waals surface area contributed by atoms with Gasteiger partial charge in [-0.2, -0.15) is 0 Å². The Kier molecular flexibility index (Phi) is 4.50. The molecule has 0 aliphatic heterocycles. The molecule has 5 aromatic rings. The molecule has 0 saturated heterocycles. The molecule has 0 unspecified atom stereocenters. The van der Waals surface area contributed by atoms with Crippen molar-refractivity contribution in [2.45, 2.75) is 26.9 Å². The van der Waals surface area contributed by atoms with E-state index in [1.54, 1.807) is 23.6 Å². The Hall–Kier alpha value is -3.67. The third kappa shape index (κ3) is 3.06. The number of amides is 1. The maximum absolute atomic E-state index is 13.3. The fourth-order valence-electron chi connectivity index (χ4n) is 4.13. The molecule has 0 bridgehead atoms. The first kappa shape index (κ1) is 19.3. The van der Waals surface area contributed by atoms with Gasteiger partial charge in [0.25, 0.3) is 11.5 Å². The molecule has 156 valence electrons. The molecule has 3 heterocycles. The summed E-state index contributed by atoms with van der Waals surface area (Å²) >= 11 is 0. The number of hydrogen-bond donors (Lipinski definition) is 1. The molecule has 1 atom stereocenters. The quantitative estimate of drug-likeness (QED) is 0.440. The minimum atomic E-state index is -0.622. The second-order valence-electron chi connectivity index (χ2n) is 8.32. The minimum absolute atomic E-state index is 0.0637. The first-order valence-corrected chi connectivity index (χ1v) is 10.5. The van der Waals surface area contributed by atoms with Gasteiger partial charge in [-0.15, -0.1) is 0 Å². The van der Waals surface area contributed by atoms with Crippen molar-refractivity contribution in [1.29, 1.82) is 0 Å². The number of nitrogens with zero attached hydrogens (tertiary/aromatic N) is 2. The zero-order valence-corrected chi connectivity index (χ0v) is 17.7. The first-order chi connectivity index (χ1) is 15.0. The fraction of sp³-hybridized carbons (Fsp3) is 0.240. The van der Waals surface area contributed by atoms with Crippen LogP contribution in [0.15, 0.2) is 59.5 Å². The number of hydrogen-bond acceptors (Lipinski definition) is 4. The topological polar surface area (TPSA) is 72.7 Å². The Morgan fingerprint density at radius 3 is 2.58 bits per heavy atom. The first-order valence-electron chi connectivity index (χ1n) is 10.5. The number of benzene rings is 2. The third-order valence-corrected chi connectivity index (χ3v) is 5.63. The fourth-order valence-corrected chi connectivity index (χ4v) is 4.13. The summed E-state index contributed by atoms with van der Waals surface area (Å²) in [6.07, 6.45) is 1.15. The lowest BCUT2D eigenvalue weighted by atomic mass is 10.1. The number of ether oxygens (including phenoxy) is 1. The second-order valence-corrected chi connectivity index (χ2v) is 8.32. The van der Waals surface area contributed by atoms with Crippen LogP contribution in [0.5, 0.6) is 5.75 Å². The summed E-state index contributed by atoms with van der Waals surface area (Å²) in [4.78, 5) is 30.2. The standard InChI is InChI=1S/C25H23N3O3/c1-14(2)13-27-24(29)15(3)31-16-8-9-21-20(12-16)18-10-11-26-22-17-6-4-5-7-19(17)25(30)28(21)23(18)22/h4-12,14-15H,13H2,1-3H3,(H,27,29)/t15-/m0/s1. The Morgan fingerprint density at radius 1 is 1.03 bits per heavy atom. The van der Waals surface area contributed by atoms with Gasteiger partial charge in [0.2, 0.25) is 0 Å². The molecule has 6 heteroatoms. The highest BCUT2D eigenvalue weighted by molar-refractivity contribution is 6.18. The van der Waals surface area contributed by atoms with Crippen molar-refractivity contribution in [1.82, 2.24) is 14.7 Å². The summed E-state index contributed by atoms with van der Waals surface area (Å²) in [5, 5.41) is 6.21. The molecule has 6 nitrogen and oxygen atoms in total. The van der Waals surface area contributed by atoms with Gasteiger partial charge in [0.15, 0.2) is 6.10 Å². The van der Waals surface area contributed by atoms with E-state index < -0.39 is 6.10 Å². The van der Waals surface area contributed by atoms with Crippen molar-refractivity contribution in [2.75, 3.05) is 6.54 Å².